The normalized spacial score (nSPS) is 15.3. The van der Waals surface area contributed by atoms with Crippen LogP contribution in [-0.2, 0) is 0 Å². The third-order valence-corrected chi connectivity index (χ3v) is 5.75. The van der Waals surface area contributed by atoms with Crippen molar-refractivity contribution < 1.29 is 18.0 Å². The number of benzene rings is 2. The Labute approximate surface area is 189 Å². The van der Waals surface area contributed by atoms with Crippen LogP contribution in [0.2, 0.25) is 0 Å². The molecular weight excluding hydrogens is 413 g/mol. The Morgan fingerprint density at radius 1 is 1.03 bits per heavy atom. The van der Waals surface area contributed by atoms with E-state index in [1.165, 1.54) is 24.3 Å². The summed E-state index contributed by atoms with van der Waals surface area (Å²) in [5.41, 5.74) is 6.28. The van der Waals surface area contributed by atoms with Gasteiger partial charge in [-0.3, -0.25) is 4.79 Å². The van der Waals surface area contributed by atoms with Crippen LogP contribution < -0.4 is 5.73 Å². The van der Waals surface area contributed by atoms with Gasteiger partial charge in [0, 0.05) is 17.6 Å². The summed E-state index contributed by atoms with van der Waals surface area (Å²) in [6.07, 6.45) is 1.35. The molecule has 1 aliphatic rings. The molecule has 2 aromatic carbocycles. The molecule has 0 aliphatic heterocycles. The van der Waals surface area contributed by atoms with Crippen molar-refractivity contribution >= 4 is 5.91 Å². The van der Waals surface area contributed by atoms with Crippen molar-refractivity contribution in [3.8, 4) is 0 Å². The molecule has 176 valence electrons. The zero-order chi connectivity index (χ0) is 23.6. The van der Waals surface area contributed by atoms with Gasteiger partial charge in [0.25, 0.3) is 5.91 Å². The van der Waals surface area contributed by atoms with E-state index in [1.54, 1.807) is 0 Å². The standard InChI is InChI=1S/C20H29F3N2O.C6H6/c1-3-5-17(6-4-13-24)25(18-11-12-18)19(26)16-9-7-15(8-10-16)14(2)20(21,22)23;1-2-4-6-5-3-1/h7-10,14,17-18H,3-6,11-13,24H2,1-2H3;1-6H. The number of rotatable bonds is 9. The number of amides is 1. The van der Waals surface area contributed by atoms with Crippen LogP contribution in [-0.4, -0.2) is 35.6 Å². The average Bonchev–Trinajstić information content (AvgIpc) is 3.63. The highest BCUT2D eigenvalue weighted by atomic mass is 19.4. The second kappa shape index (κ2) is 12.6. The average molecular weight is 449 g/mol. The fourth-order valence-electron chi connectivity index (χ4n) is 3.73. The number of nitrogens with zero attached hydrogens (tertiary/aromatic N) is 1. The Bertz CT molecular complexity index is 762. The lowest BCUT2D eigenvalue weighted by atomic mass is 9.98. The molecule has 0 aromatic heterocycles. The Hall–Kier alpha value is -2.34. The number of hydrogen-bond acceptors (Lipinski definition) is 2. The van der Waals surface area contributed by atoms with Gasteiger partial charge in [-0.15, -0.1) is 0 Å². The fourth-order valence-corrected chi connectivity index (χ4v) is 3.73. The van der Waals surface area contributed by atoms with Crippen molar-refractivity contribution in [1.29, 1.82) is 0 Å². The summed E-state index contributed by atoms with van der Waals surface area (Å²) in [6, 6.07) is 18.3. The number of carbonyl (C=O) groups excluding carboxylic acids is 1. The predicted octanol–water partition coefficient (Wildman–Crippen LogP) is 6.55. The largest absolute Gasteiger partial charge is 0.395 e. The second-order valence-corrected chi connectivity index (χ2v) is 8.36. The van der Waals surface area contributed by atoms with Crippen molar-refractivity contribution in [3.63, 3.8) is 0 Å². The molecule has 1 amide bonds. The van der Waals surface area contributed by atoms with Crippen LogP contribution >= 0.6 is 0 Å². The summed E-state index contributed by atoms with van der Waals surface area (Å²) in [6.45, 7) is 3.83. The summed E-state index contributed by atoms with van der Waals surface area (Å²) < 4.78 is 38.6. The number of carbonyl (C=O) groups is 1. The zero-order valence-corrected chi connectivity index (χ0v) is 19.0. The van der Waals surface area contributed by atoms with E-state index in [2.05, 4.69) is 6.92 Å². The molecule has 1 aliphatic carbocycles. The molecule has 2 N–H and O–H groups in total. The van der Waals surface area contributed by atoms with Crippen LogP contribution in [0.25, 0.3) is 0 Å². The lowest BCUT2D eigenvalue weighted by Crippen LogP contribution is -2.42. The van der Waals surface area contributed by atoms with Gasteiger partial charge in [-0.1, -0.05) is 61.9 Å². The van der Waals surface area contributed by atoms with Gasteiger partial charge in [0.1, 0.15) is 0 Å². The van der Waals surface area contributed by atoms with Crippen molar-refractivity contribution in [2.24, 2.45) is 5.73 Å². The molecule has 0 bridgehead atoms. The molecule has 6 heteroatoms. The third-order valence-electron chi connectivity index (χ3n) is 5.75. The quantitative estimate of drug-likeness (QED) is 0.473. The van der Waals surface area contributed by atoms with Gasteiger partial charge in [0.15, 0.2) is 0 Å². The summed E-state index contributed by atoms with van der Waals surface area (Å²) >= 11 is 0. The van der Waals surface area contributed by atoms with Gasteiger partial charge in [0.05, 0.1) is 5.92 Å². The predicted molar refractivity (Wildman–Crippen MR) is 124 cm³/mol. The molecule has 0 heterocycles. The van der Waals surface area contributed by atoms with E-state index in [0.29, 0.717) is 12.1 Å². The van der Waals surface area contributed by atoms with Crippen LogP contribution in [0.3, 0.4) is 0 Å². The molecule has 1 saturated carbocycles. The number of hydrogen-bond donors (Lipinski definition) is 1. The minimum absolute atomic E-state index is 0.0748. The zero-order valence-electron chi connectivity index (χ0n) is 19.0. The Balaban J connectivity index is 0.000000520. The van der Waals surface area contributed by atoms with Crippen LogP contribution in [0, 0.1) is 0 Å². The minimum Gasteiger partial charge on any atom is -0.333 e. The maximum absolute atomic E-state index is 13.1. The molecule has 32 heavy (non-hydrogen) atoms. The highest BCUT2D eigenvalue weighted by Crippen LogP contribution is 2.35. The van der Waals surface area contributed by atoms with Crippen molar-refractivity contribution in [1.82, 2.24) is 4.90 Å². The molecule has 2 aromatic rings. The van der Waals surface area contributed by atoms with Crippen LogP contribution in [0.4, 0.5) is 13.2 Å². The summed E-state index contributed by atoms with van der Waals surface area (Å²) in [7, 11) is 0. The Morgan fingerprint density at radius 2 is 1.56 bits per heavy atom. The highest BCUT2D eigenvalue weighted by molar-refractivity contribution is 5.95. The van der Waals surface area contributed by atoms with Crippen LogP contribution in [0.1, 0.15) is 74.2 Å². The number of halogens is 3. The highest BCUT2D eigenvalue weighted by Gasteiger charge is 2.38. The van der Waals surface area contributed by atoms with E-state index in [1.807, 2.05) is 41.3 Å². The fraction of sp³-hybridized carbons (Fsp3) is 0.500. The van der Waals surface area contributed by atoms with Gasteiger partial charge in [-0.25, -0.2) is 0 Å². The van der Waals surface area contributed by atoms with E-state index in [-0.39, 0.29) is 23.6 Å². The van der Waals surface area contributed by atoms with E-state index in [9.17, 15) is 18.0 Å². The maximum Gasteiger partial charge on any atom is 0.395 e. The molecule has 3 nitrogen and oxygen atoms in total. The number of alkyl halides is 3. The molecule has 1 fully saturated rings. The smallest absolute Gasteiger partial charge is 0.333 e. The number of nitrogens with two attached hydrogens (primary N) is 1. The van der Waals surface area contributed by atoms with Gasteiger partial charge in [-0.2, -0.15) is 13.2 Å². The minimum atomic E-state index is -4.28. The molecule has 3 rings (SSSR count). The van der Waals surface area contributed by atoms with Crippen LogP contribution in [0.5, 0.6) is 0 Å². The van der Waals surface area contributed by atoms with Gasteiger partial charge < -0.3 is 10.6 Å². The van der Waals surface area contributed by atoms with E-state index < -0.39 is 12.1 Å². The summed E-state index contributed by atoms with van der Waals surface area (Å²) in [4.78, 5) is 15.0. The Morgan fingerprint density at radius 3 is 1.97 bits per heavy atom. The first-order valence-corrected chi connectivity index (χ1v) is 11.5. The lowest BCUT2D eigenvalue weighted by molar-refractivity contribution is -0.146. The molecule has 0 spiro atoms. The van der Waals surface area contributed by atoms with Gasteiger partial charge >= 0.3 is 6.18 Å². The SMILES string of the molecule is CCCC(CCCN)N(C(=O)c1ccc(C(C)C(F)(F)F)cc1)C1CC1.c1ccccc1. The molecule has 2 unspecified atom stereocenters. The van der Waals surface area contributed by atoms with E-state index >= 15 is 0 Å². The molecule has 0 saturated heterocycles. The summed E-state index contributed by atoms with van der Waals surface area (Å²) in [5, 5.41) is 0. The van der Waals surface area contributed by atoms with Gasteiger partial charge in [0.2, 0.25) is 0 Å². The lowest BCUT2D eigenvalue weighted by Gasteiger charge is -2.32. The first kappa shape index (κ1) is 25.9. The third kappa shape index (κ3) is 7.97. The van der Waals surface area contributed by atoms with Crippen molar-refractivity contribution in [2.75, 3.05) is 6.54 Å². The van der Waals surface area contributed by atoms with Crippen molar-refractivity contribution in [3.05, 3.63) is 71.8 Å². The summed E-state index contributed by atoms with van der Waals surface area (Å²) in [5.74, 6) is -1.61. The van der Waals surface area contributed by atoms with E-state index in [4.69, 9.17) is 5.73 Å². The molecular formula is C26H35F3N2O. The molecule has 0 radical (unpaired) electrons. The first-order chi connectivity index (χ1) is 15.3. The second-order valence-electron chi connectivity index (χ2n) is 8.36. The van der Waals surface area contributed by atoms with E-state index in [0.717, 1.165) is 45.4 Å². The Kier molecular flexibility index (Phi) is 10.2. The van der Waals surface area contributed by atoms with Gasteiger partial charge in [-0.05, 0) is 63.3 Å². The monoisotopic (exact) mass is 448 g/mol. The van der Waals surface area contributed by atoms with Crippen LogP contribution in [0.15, 0.2) is 60.7 Å². The maximum atomic E-state index is 13.1. The topological polar surface area (TPSA) is 46.3 Å². The first-order valence-electron chi connectivity index (χ1n) is 11.5. The molecule has 2 atom stereocenters. The van der Waals surface area contributed by atoms with Crippen molar-refractivity contribution in [2.45, 2.75) is 76.6 Å².